The number of hydrogen-bond acceptors (Lipinski definition) is 2. The van der Waals surface area contributed by atoms with Gasteiger partial charge in [0.15, 0.2) is 0 Å². The number of benzene rings is 1. The third-order valence-electron chi connectivity index (χ3n) is 2.76. The van der Waals surface area contributed by atoms with E-state index in [9.17, 15) is 4.79 Å². The Kier molecular flexibility index (Phi) is 4.07. The maximum Gasteiger partial charge on any atom is 0.227 e. The Morgan fingerprint density at radius 3 is 2.67 bits per heavy atom. The average Bonchev–Trinajstić information content (AvgIpc) is 2.41. The summed E-state index contributed by atoms with van der Waals surface area (Å²) in [5.41, 5.74) is 1.91. The zero-order valence-corrected chi connectivity index (χ0v) is 10.3. The molecule has 0 aliphatic carbocycles. The van der Waals surface area contributed by atoms with Crippen LogP contribution in [-0.4, -0.2) is 10.9 Å². The van der Waals surface area contributed by atoms with Gasteiger partial charge in [0.25, 0.3) is 0 Å². The van der Waals surface area contributed by atoms with E-state index in [1.165, 1.54) is 5.56 Å². The highest BCUT2D eigenvalue weighted by Gasteiger charge is 2.13. The van der Waals surface area contributed by atoms with Crippen LogP contribution in [0.1, 0.15) is 12.5 Å². The van der Waals surface area contributed by atoms with Crippen LogP contribution in [0.5, 0.6) is 0 Å². The molecule has 0 unspecified atom stereocenters. The van der Waals surface area contributed by atoms with E-state index < -0.39 is 0 Å². The van der Waals surface area contributed by atoms with Crippen molar-refractivity contribution in [3.63, 3.8) is 0 Å². The molecule has 2 rings (SSSR count). The van der Waals surface area contributed by atoms with E-state index in [1.54, 1.807) is 18.5 Å². The van der Waals surface area contributed by atoms with Crippen LogP contribution in [-0.2, 0) is 11.2 Å². The van der Waals surface area contributed by atoms with Crippen LogP contribution >= 0.6 is 0 Å². The second-order valence-electron chi connectivity index (χ2n) is 4.32. The molecule has 1 heterocycles. The lowest BCUT2D eigenvalue weighted by molar-refractivity contribution is -0.119. The summed E-state index contributed by atoms with van der Waals surface area (Å²) in [7, 11) is 0. The minimum Gasteiger partial charge on any atom is -0.324 e. The Morgan fingerprint density at radius 1 is 1.22 bits per heavy atom. The normalized spacial score (nSPS) is 11.8. The maximum atomic E-state index is 12.0. The molecule has 2 aromatic rings. The van der Waals surface area contributed by atoms with Crippen LogP contribution in [0.25, 0.3) is 0 Å². The predicted octanol–water partition coefficient (Wildman–Crippen LogP) is 2.90. The molecule has 1 N–H and O–H groups in total. The van der Waals surface area contributed by atoms with Crippen LogP contribution < -0.4 is 5.32 Å². The fourth-order valence-electron chi connectivity index (χ4n) is 1.76. The Morgan fingerprint density at radius 2 is 2.00 bits per heavy atom. The van der Waals surface area contributed by atoms with Crippen molar-refractivity contribution < 1.29 is 4.79 Å². The van der Waals surface area contributed by atoms with E-state index in [-0.39, 0.29) is 11.8 Å². The van der Waals surface area contributed by atoms with Crippen molar-refractivity contribution in [2.45, 2.75) is 13.3 Å². The van der Waals surface area contributed by atoms with Gasteiger partial charge in [0.2, 0.25) is 5.91 Å². The van der Waals surface area contributed by atoms with E-state index in [1.807, 2.05) is 43.3 Å². The molecule has 0 saturated heterocycles. The number of nitrogens with one attached hydrogen (secondary N) is 1. The summed E-state index contributed by atoms with van der Waals surface area (Å²) < 4.78 is 0. The van der Waals surface area contributed by atoms with Gasteiger partial charge in [-0.2, -0.15) is 0 Å². The van der Waals surface area contributed by atoms with Crippen LogP contribution in [0.2, 0.25) is 0 Å². The first-order valence-corrected chi connectivity index (χ1v) is 6.00. The average molecular weight is 240 g/mol. The molecule has 3 nitrogen and oxygen atoms in total. The summed E-state index contributed by atoms with van der Waals surface area (Å²) in [5.74, 6) is -0.0422. The third-order valence-corrected chi connectivity index (χ3v) is 2.76. The highest BCUT2D eigenvalue weighted by atomic mass is 16.1. The van der Waals surface area contributed by atoms with E-state index in [2.05, 4.69) is 10.3 Å². The van der Waals surface area contributed by atoms with Gasteiger partial charge in [-0.3, -0.25) is 9.78 Å². The number of anilines is 1. The first-order chi connectivity index (χ1) is 8.75. The van der Waals surface area contributed by atoms with Gasteiger partial charge in [0, 0.05) is 12.1 Å². The number of amides is 1. The van der Waals surface area contributed by atoms with Crippen molar-refractivity contribution in [2.24, 2.45) is 5.92 Å². The molecule has 0 radical (unpaired) electrons. The monoisotopic (exact) mass is 240 g/mol. The lowest BCUT2D eigenvalue weighted by atomic mass is 10.0. The first-order valence-electron chi connectivity index (χ1n) is 6.00. The van der Waals surface area contributed by atoms with Crippen molar-refractivity contribution >= 4 is 11.6 Å². The molecular weight excluding hydrogens is 224 g/mol. The molecule has 1 atom stereocenters. The predicted molar refractivity (Wildman–Crippen MR) is 72.2 cm³/mol. The van der Waals surface area contributed by atoms with Crippen molar-refractivity contribution in [2.75, 3.05) is 5.32 Å². The molecule has 0 bridgehead atoms. The quantitative estimate of drug-likeness (QED) is 0.892. The number of nitrogens with zero attached hydrogens (tertiary/aromatic N) is 1. The number of pyridine rings is 1. The topological polar surface area (TPSA) is 42.0 Å². The zero-order chi connectivity index (χ0) is 12.8. The van der Waals surface area contributed by atoms with E-state index in [0.29, 0.717) is 0 Å². The molecule has 18 heavy (non-hydrogen) atoms. The Balaban J connectivity index is 1.93. The fourth-order valence-corrected chi connectivity index (χ4v) is 1.76. The highest BCUT2D eigenvalue weighted by molar-refractivity contribution is 5.92. The largest absolute Gasteiger partial charge is 0.324 e. The van der Waals surface area contributed by atoms with Gasteiger partial charge in [-0.05, 0) is 24.1 Å². The number of rotatable bonds is 4. The standard InChI is InChI=1S/C15H16N2O/c1-12(10-13-6-3-2-4-7-13)15(18)17-14-8-5-9-16-11-14/h2-9,11-12H,10H2,1H3,(H,17,18)/t12-/m0/s1. The van der Waals surface area contributed by atoms with Gasteiger partial charge in [0.05, 0.1) is 11.9 Å². The van der Waals surface area contributed by atoms with Crippen LogP contribution in [0.3, 0.4) is 0 Å². The van der Waals surface area contributed by atoms with E-state index >= 15 is 0 Å². The van der Waals surface area contributed by atoms with Gasteiger partial charge in [0.1, 0.15) is 0 Å². The summed E-state index contributed by atoms with van der Waals surface area (Å²) in [4.78, 5) is 15.9. The van der Waals surface area contributed by atoms with E-state index in [0.717, 1.165) is 12.1 Å². The van der Waals surface area contributed by atoms with Gasteiger partial charge in [-0.15, -0.1) is 0 Å². The number of hydrogen-bond donors (Lipinski definition) is 1. The highest BCUT2D eigenvalue weighted by Crippen LogP contribution is 2.11. The molecule has 0 saturated carbocycles. The maximum absolute atomic E-state index is 12.0. The summed E-state index contributed by atoms with van der Waals surface area (Å²) in [6.07, 6.45) is 4.07. The Hall–Kier alpha value is -2.16. The lowest BCUT2D eigenvalue weighted by Gasteiger charge is -2.11. The second-order valence-corrected chi connectivity index (χ2v) is 4.32. The van der Waals surface area contributed by atoms with Gasteiger partial charge in [-0.25, -0.2) is 0 Å². The molecule has 1 amide bonds. The minimum absolute atomic E-state index is 0.0202. The first kappa shape index (κ1) is 12.3. The van der Waals surface area contributed by atoms with Crippen molar-refractivity contribution in [3.8, 4) is 0 Å². The Bertz CT molecular complexity index is 496. The second kappa shape index (κ2) is 5.96. The minimum atomic E-state index is -0.0624. The molecule has 0 aliphatic heterocycles. The number of carbonyl (C=O) groups is 1. The van der Waals surface area contributed by atoms with Gasteiger partial charge >= 0.3 is 0 Å². The summed E-state index contributed by atoms with van der Waals surface area (Å²) in [6, 6.07) is 13.7. The zero-order valence-electron chi connectivity index (χ0n) is 10.3. The molecule has 92 valence electrons. The molecule has 0 spiro atoms. The van der Waals surface area contributed by atoms with Crippen molar-refractivity contribution in [1.29, 1.82) is 0 Å². The molecular formula is C15H16N2O. The Labute approximate surface area is 107 Å². The summed E-state index contributed by atoms with van der Waals surface area (Å²) in [6.45, 7) is 1.93. The number of aromatic nitrogens is 1. The lowest BCUT2D eigenvalue weighted by Crippen LogP contribution is -2.22. The fraction of sp³-hybridized carbons (Fsp3) is 0.200. The number of carbonyl (C=O) groups excluding carboxylic acids is 1. The van der Waals surface area contributed by atoms with Gasteiger partial charge in [-0.1, -0.05) is 37.3 Å². The van der Waals surface area contributed by atoms with Crippen LogP contribution in [0, 0.1) is 5.92 Å². The third kappa shape index (κ3) is 3.42. The van der Waals surface area contributed by atoms with Crippen molar-refractivity contribution in [1.82, 2.24) is 4.98 Å². The van der Waals surface area contributed by atoms with Gasteiger partial charge < -0.3 is 5.32 Å². The smallest absolute Gasteiger partial charge is 0.227 e. The molecule has 1 aromatic carbocycles. The SMILES string of the molecule is C[C@@H](Cc1ccccc1)C(=O)Nc1cccnc1. The molecule has 0 aliphatic rings. The van der Waals surface area contributed by atoms with E-state index in [4.69, 9.17) is 0 Å². The molecule has 0 fully saturated rings. The van der Waals surface area contributed by atoms with Crippen molar-refractivity contribution in [3.05, 3.63) is 60.4 Å². The van der Waals surface area contributed by atoms with Crippen LogP contribution in [0.15, 0.2) is 54.9 Å². The summed E-state index contributed by atoms with van der Waals surface area (Å²) in [5, 5.41) is 2.86. The molecule has 3 heteroatoms. The summed E-state index contributed by atoms with van der Waals surface area (Å²) >= 11 is 0. The molecule has 1 aromatic heterocycles. The van der Waals surface area contributed by atoms with Crippen LogP contribution in [0.4, 0.5) is 5.69 Å².